The van der Waals surface area contributed by atoms with Gasteiger partial charge in [-0.15, -0.1) is 0 Å². The number of carboxylic acid groups (broad SMARTS) is 2. The maximum absolute atomic E-state index is 13.4. The molecule has 0 saturated carbocycles. The Hall–Kier alpha value is -5.99. The number of nitrogens with two attached hydrogens (primary N) is 3. The second-order valence-electron chi connectivity index (χ2n) is 14.0. The van der Waals surface area contributed by atoms with Crippen LogP contribution >= 0.6 is 0 Å². The lowest BCUT2D eigenvalue weighted by Crippen LogP contribution is -2.62. The summed E-state index contributed by atoms with van der Waals surface area (Å²) in [4.78, 5) is 137. The van der Waals surface area contributed by atoms with E-state index in [1.165, 1.54) is 0 Å². The van der Waals surface area contributed by atoms with Crippen molar-refractivity contribution in [2.24, 2.45) is 23.1 Å². The molecule has 0 aromatic rings. The van der Waals surface area contributed by atoms with Gasteiger partial charge in [0.15, 0.2) is 6.04 Å². The molecule has 0 rings (SSSR count). The van der Waals surface area contributed by atoms with E-state index in [1.807, 2.05) is 5.32 Å². The van der Waals surface area contributed by atoms with Crippen LogP contribution in [-0.4, -0.2) is 158 Å². The molecule has 9 amide bonds. The number of amides is 9. The standard InChI is InChI=1S/C33H56N10O16/c1-12(2)8-18(39-27(52)16(34)9-23(49)50)30(55)42-24(14(4)45)32(57)41-20(11-44)31(56)40-19(10-22(36)48)29(54)38-17(6-7-21(35)47)28(53)37-13(3)26(51)43-25(15(5)46)33(58)59/h12-20,24-25,44-46H,6-11,34H2,1-5H3,(H2,35,47)(H2,36,48)(H,37,53)(H,38,54)(H,39,52)(H,40,56)(H,41,57)(H,42,55)(H,43,51)(H,49,50)(H,58,59)/t13-,14+,15+,16-,17-,18-,19-,20-,24-,25-/m0/s1. The molecule has 26 nitrogen and oxygen atoms in total. The molecule has 59 heavy (non-hydrogen) atoms. The van der Waals surface area contributed by atoms with Gasteiger partial charge in [0.05, 0.1) is 37.7 Å². The van der Waals surface area contributed by atoms with Crippen molar-refractivity contribution < 1.29 is 78.3 Å². The smallest absolute Gasteiger partial charge is 0.328 e. The Balaban J connectivity index is 6.13. The van der Waals surface area contributed by atoms with E-state index in [0.717, 1.165) is 20.8 Å². The Morgan fingerprint density at radius 1 is 0.525 bits per heavy atom. The van der Waals surface area contributed by atoms with Crippen molar-refractivity contribution in [3.63, 3.8) is 0 Å². The number of aliphatic carboxylic acids is 2. The predicted octanol–water partition coefficient (Wildman–Crippen LogP) is -7.77. The number of aliphatic hydroxyl groups is 3. The highest BCUT2D eigenvalue weighted by molar-refractivity contribution is 5.99. The topological polar surface area (TPSA) is 451 Å². The van der Waals surface area contributed by atoms with E-state index in [4.69, 9.17) is 22.3 Å². The molecule has 0 saturated heterocycles. The summed E-state index contributed by atoms with van der Waals surface area (Å²) in [6.07, 6.45) is -5.96. The molecule has 0 aliphatic carbocycles. The summed E-state index contributed by atoms with van der Waals surface area (Å²) in [7, 11) is 0. The molecule has 0 fully saturated rings. The van der Waals surface area contributed by atoms with Gasteiger partial charge >= 0.3 is 11.9 Å². The summed E-state index contributed by atoms with van der Waals surface area (Å²) in [5, 5.41) is 63.1. The van der Waals surface area contributed by atoms with Crippen molar-refractivity contribution in [1.82, 2.24) is 37.2 Å². The summed E-state index contributed by atoms with van der Waals surface area (Å²) in [5.41, 5.74) is 16.0. The van der Waals surface area contributed by atoms with Crippen LogP contribution in [0.15, 0.2) is 0 Å². The fourth-order valence-electron chi connectivity index (χ4n) is 4.93. The molecule has 0 aromatic carbocycles. The molecule has 26 heteroatoms. The highest BCUT2D eigenvalue weighted by atomic mass is 16.4. The van der Waals surface area contributed by atoms with E-state index in [1.54, 1.807) is 13.8 Å². The average molecular weight is 849 g/mol. The van der Waals surface area contributed by atoms with E-state index in [-0.39, 0.29) is 12.3 Å². The first kappa shape index (κ1) is 53.0. The van der Waals surface area contributed by atoms with Crippen molar-refractivity contribution in [3.8, 4) is 0 Å². The highest BCUT2D eigenvalue weighted by Crippen LogP contribution is 2.08. The zero-order valence-corrected chi connectivity index (χ0v) is 33.1. The SMILES string of the molecule is CC(C)C[C@H](NC(=O)[C@@H](N)CC(=O)O)C(=O)N[C@H](C(=O)N[C@@H](CO)C(=O)N[C@@H](CC(N)=O)C(=O)N[C@@H](CCC(N)=O)C(=O)N[C@@H](C)C(=O)N[C@H](C(=O)O)[C@@H](C)O)[C@@H](C)O. The van der Waals surface area contributed by atoms with Gasteiger partial charge in [-0.05, 0) is 39.5 Å². The lowest BCUT2D eigenvalue weighted by atomic mass is 10.0. The first-order chi connectivity index (χ1) is 27.2. The number of hydrogen-bond acceptors (Lipinski definition) is 15. The number of carbonyl (C=O) groups is 11. The van der Waals surface area contributed by atoms with Crippen molar-refractivity contribution in [1.29, 1.82) is 0 Å². The third-order valence-corrected chi connectivity index (χ3v) is 8.10. The lowest BCUT2D eigenvalue weighted by molar-refractivity contribution is -0.145. The third kappa shape index (κ3) is 19.8. The molecule has 0 bridgehead atoms. The molecule has 334 valence electrons. The van der Waals surface area contributed by atoms with Crippen LogP contribution in [-0.2, 0) is 52.7 Å². The van der Waals surface area contributed by atoms with Crippen LogP contribution in [0.2, 0.25) is 0 Å². The number of carbonyl (C=O) groups excluding carboxylic acids is 9. The minimum absolute atomic E-state index is 0.0346. The molecule has 18 N–H and O–H groups in total. The van der Waals surface area contributed by atoms with Crippen LogP contribution in [0, 0.1) is 5.92 Å². The first-order valence-corrected chi connectivity index (χ1v) is 18.1. The zero-order valence-electron chi connectivity index (χ0n) is 33.1. The lowest BCUT2D eigenvalue weighted by Gasteiger charge is -2.28. The number of primary amides is 2. The Morgan fingerprint density at radius 2 is 0.983 bits per heavy atom. The van der Waals surface area contributed by atoms with E-state index < -0.39 is 158 Å². The number of carboxylic acids is 2. The van der Waals surface area contributed by atoms with E-state index in [0.29, 0.717) is 0 Å². The summed E-state index contributed by atoms with van der Waals surface area (Å²) in [6, 6.07) is -13.5. The molecule has 0 aliphatic rings. The molecule has 0 aromatic heterocycles. The van der Waals surface area contributed by atoms with Gasteiger partial charge in [-0.3, -0.25) is 47.9 Å². The van der Waals surface area contributed by atoms with E-state index in [9.17, 15) is 73.2 Å². The van der Waals surface area contributed by atoms with Gasteiger partial charge in [-0.2, -0.15) is 0 Å². The minimum atomic E-state index is -1.94. The minimum Gasteiger partial charge on any atom is -0.481 e. The molecule has 0 aliphatic heterocycles. The molecule has 0 unspecified atom stereocenters. The number of nitrogens with one attached hydrogen (secondary N) is 7. The van der Waals surface area contributed by atoms with Gasteiger partial charge in [0.1, 0.15) is 36.3 Å². The van der Waals surface area contributed by atoms with Crippen LogP contribution < -0.4 is 54.4 Å². The Labute approximate surface area is 337 Å². The quantitative estimate of drug-likeness (QED) is 0.0365. The Morgan fingerprint density at radius 3 is 1.44 bits per heavy atom. The number of aliphatic hydroxyl groups excluding tert-OH is 3. The fraction of sp³-hybridized carbons (Fsp3) is 0.667. The summed E-state index contributed by atoms with van der Waals surface area (Å²) >= 11 is 0. The van der Waals surface area contributed by atoms with Crippen molar-refractivity contribution in [2.45, 2.75) is 127 Å². The Kier molecular flexibility index (Phi) is 22.8. The van der Waals surface area contributed by atoms with Gasteiger partial charge in [0.2, 0.25) is 53.2 Å². The number of rotatable bonds is 27. The maximum Gasteiger partial charge on any atom is 0.328 e. The van der Waals surface area contributed by atoms with Gasteiger partial charge in [-0.1, -0.05) is 13.8 Å². The van der Waals surface area contributed by atoms with Crippen LogP contribution in [0.25, 0.3) is 0 Å². The molecule has 10 atom stereocenters. The van der Waals surface area contributed by atoms with E-state index in [2.05, 4.69) is 31.9 Å². The summed E-state index contributed by atoms with van der Waals surface area (Å²) in [5.74, 6) is -13.4. The fourth-order valence-corrected chi connectivity index (χ4v) is 4.93. The molecule has 0 heterocycles. The van der Waals surface area contributed by atoms with Gasteiger partial charge in [-0.25, -0.2) is 4.79 Å². The van der Waals surface area contributed by atoms with Gasteiger partial charge < -0.3 is 80.0 Å². The Bertz CT molecular complexity index is 1560. The number of hydrogen-bond donors (Lipinski definition) is 15. The monoisotopic (exact) mass is 848 g/mol. The average Bonchev–Trinajstić information content (AvgIpc) is 3.10. The van der Waals surface area contributed by atoms with Crippen LogP contribution in [0.3, 0.4) is 0 Å². The van der Waals surface area contributed by atoms with Crippen molar-refractivity contribution in [2.75, 3.05) is 6.61 Å². The zero-order chi connectivity index (χ0) is 45.9. The molecule has 0 spiro atoms. The third-order valence-electron chi connectivity index (χ3n) is 8.10. The first-order valence-electron chi connectivity index (χ1n) is 18.1. The molecular weight excluding hydrogens is 792 g/mol. The summed E-state index contributed by atoms with van der Waals surface area (Å²) < 4.78 is 0. The van der Waals surface area contributed by atoms with Crippen LogP contribution in [0.4, 0.5) is 0 Å². The molecule has 0 radical (unpaired) electrons. The second kappa shape index (κ2) is 25.4. The van der Waals surface area contributed by atoms with Crippen molar-refractivity contribution in [3.05, 3.63) is 0 Å². The van der Waals surface area contributed by atoms with Gasteiger partial charge in [0, 0.05) is 6.42 Å². The summed E-state index contributed by atoms with van der Waals surface area (Å²) in [6.45, 7) is 5.47. The predicted molar refractivity (Wildman–Crippen MR) is 199 cm³/mol. The van der Waals surface area contributed by atoms with Crippen LogP contribution in [0.5, 0.6) is 0 Å². The van der Waals surface area contributed by atoms with E-state index >= 15 is 0 Å². The van der Waals surface area contributed by atoms with Gasteiger partial charge in [0.25, 0.3) is 0 Å². The van der Waals surface area contributed by atoms with Crippen LogP contribution in [0.1, 0.15) is 66.7 Å². The maximum atomic E-state index is 13.4. The highest BCUT2D eigenvalue weighted by Gasteiger charge is 2.36. The largest absolute Gasteiger partial charge is 0.481 e. The molecular formula is C33H56N10O16. The second-order valence-corrected chi connectivity index (χ2v) is 14.0. The van der Waals surface area contributed by atoms with Crippen molar-refractivity contribution >= 4 is 65.1 Å². The normalized spacial score (nSPS) is 16.1.